The van der Waals surface area contributed by atoms with Crippen LogP contribution in [0.3, 0.4) is 0 Å². The zero-order chi connectivity index (χ0) is 44.2. The lowest BCUT2D eigenvalue weighted by Crippen LogP contribution is -2.29. The van der Waals surface area contributed by atoms with E-state index >= 15 is 0 Å². The molecule has 0 saturated heterocycles. The summed E-state index contributed by atoms with van der Waals surface area (Å²) < 4.78 is 32.6. The Bertz CT molecular complexity index is 1330. The Balaban J connectivity index is 4.50. The summed E-state index contributed by atoms with van der Waals surface area (Å²) in [6.45, 7) is 2.09. The summed E-state index contributed by atoms with van der Waals surface area (Å²) in [4.78, 5) is 35.0. The molecule has 0 aromatic carbocycles. The second-order valence-electron chi connectivity index (χ2n) is 14.6. The number of rotatable bonds is 40. The molecule has 0 heterocycles. The van der Waals surface area contributed by atoms with Gasteiger partial charge in [-0.25, -0.2) is 4.57 Å². The number of esters is 2. The van der Waals surface area contributed by atoms with Crippen LogP contribution in [-0.4, -0.2) is 76.9 Å². The maximum atomic E-state index is 12.6. The summed E-state index contributed by atoms with van der Waals surface area (Å²) in [5, 5.41) is 28.2. The molecule has 0 fully saturated rings. The van der Waals surface area contributed by atoms with E-state index in [1.807, 2.05) is 42.5 Å². The first-order valence-corrected chi connectivity index (χ1v) is 23.8. The van der Waals surface area contributed by atoms with Gasteiger partial charge in [0.05, 0.1) is 25.9 Å². The molecule has 12 heteroatoms. The van der Waals surface area contributed by atoms with Gasteiger partial charge in [0.25, 0.3) is 0 Å². The monoisotopic (exact) mass is 863 g/mol. The quantitative estimate of drug-likeness (QED) is 0.0152. The molecular formula is C48H79O11P. The van der Waals surface area contributed by atoms with Crippen LogP contribution < -0.4 is 0 Å². The van der Waals surface area contributed by atoms with Crippen LogP contribution in [0.25, 0.3) is 0 Å². The van der Waals surface area contributed by atoms with Gasteiger partial charge in [0.2, 0.25) is 0 Å². The van der Waals surface area contributed by atoms with Gasteiger partial charge in [-0.3, -0.25) is 18.6 Å². The summed E-state index contributed by atoms with van der Waals surface area (Å²) in [5.41, 5.74) is 0. The highest BCUT2D eigenvalue weighted by Gasteiger charge is 2.27. The Morgan fingerprint density at radius 3 is 1.65 bits per heavy atom. The SMILES string of the molecule is CCCCC/C=C\C/C=C\C/C=C\C/C=C\CCCCCC(=O)OC[C@H](COP(=O)(O)OC[C@@H](O)CO)OC(=O)CCC/C=C\C/C=C\C/C=C\C=C\[C@@H](O)CCCCC. The molecule has 342 valence electrons. The third-order valence-corrected chi connectivity index (χ3v) is 9.77. The summed E-state index contributed by atoms with van der Waals surface area (Å²) in [6, 6.07) is 0. The van der Waals surface area contributed by atoms with Crippen molar-refractivity contribution in [3.05, 3.63) is 97.2 Å². The van der Waals surface area contributed by atoms with Crippen molar-refractivity contribution < 1.29 is 52.9 Å². The number of ether oxygens (including phenoxy) is 2. The molecule has 0 aliphatic heterocycles. The van der Waals surface area contributed by atoms with Crippen LogP contribution >= 0.6 is 7.82 Å². The van der Waals surface area contributed by atoms with E-state index in [1.165, 1.54) is 25.7 Å². The van der Waals surface area contributed by atoms with Gasteiger partial charge < -0.3 is 29.7 Å². The van der Waals surface area contributed by atoms with E-state index in [2.05, 4.69) is 73.1 Å². The lowest BCUT2D eigenvalue weighted by atomic mass is 10.1. The highest BCUT2D eigenvalue weighted by molar-refractivity contribution is 7.47. The average molecular weight is 863 g/mol. The summed E-state index contributed by atoms with van der Waals surface area (Å²) in [6.07, 6.45) is 48.4. The Morgan fingerprint density at radius 2 is 1.07 bits per heavy atom. The molecule has 0 aliphatic rings. The zero-order valence-electron chi connectivity index (χ0n) is 36.7. The van der Waals surface area contributed by atoms with E-state index in [9.17, 15) is 29.3 Å². The van der Waals surface area contributed by atoms with Crippen LogP contribution in [0, 0.1) is 0 Å². The summed E-state index contributed by atoms with van der Waals surface area (Å²) in [5.74, 6) is -1.06. The standard InChI is InChI=1S/C48H79O11P/c1-3-5-7-8-9-10-11-12-13-14-15-16-17-18-21-24-27-30-34-38-47(52)56-42-46(43-58-60(54,55)57-41-45(51)40-49)59-48(53)39-35-31-28-25-22-19-20-23-26-29-33-37-44(50)36-32-6-4-2/h9-10,12-13,15-16,18-21,25-26,28-29,33,37,44-46,49-51H,3-8,11,14,17,22-24,27,30-32,34-36,38-43H2,1-2H3,(H,54,55)/b10-9-,13-12-,16-15-,20-19-,21-18-,28-25-,29-26-,37-33+/t44-,45-,46+/m0/s1. The molecular weight excluding hydrogens is 783 g/mol. The van der Waals surface area contributed by atoms with Gasteiger partial charge in [-0.1, -0.05) is 150 Å². The molecule has 4 atom stereocenters. The minimum Gasteiger partial charge on any atom is -0.462 e. The maximum absolute atomic E-state index is 12.6. The molecule has 1 unspecified atom stereocenters. The number of carbonyl (C=O) groups excluding carboxylic acids is 2. The number of aliphatic hydroxyl groups is 3. The van der Waals surface area contributed by atoms with E-state index in [0.29, 0.717) is 19.3 Å². The maximum Gasteiger partial charge on any atom is 0.472 e. The first-order valence-electron chi connectivity index (χ1n) is 22.3. The number of hydrogen-bond acceptors (Lipinski definition) is 10. The number of aliphatic hydroxyl groups excluding tert-OH is 3. The van der Waals surface area contributed by atoms with Crippen molar-refractivity contribution in [3.63, 3.8) is 0 Å². The Labute approximate surface area is 362 Å². The minimum absolute atomic E-state index is 0.0751. The second kappa shape index (κ2) is 42.5. The molecule has 0 aromatic rings. The van der Waals surface area contributed by atoms with Crippen LogP contribution in [0.2, 0.25) is 0 Å². The number of unbranched alkanes of at least 4 members (excludes halogenated alkanes) is 9. The number of hydrogen-bond donors (Lipinski definition) is 4. The van der Waals surface area contributed by atoms with E-state index in [-0.39, 0.29) is 19.4 Å². The third kappa shape index (κ3) is 41.6. The zero-order valence-corrected chi connectivity index (χ0v) is 37.6. The van der Waals surface area contributed by atoms with Crippen molar-refractivity contribution in [1.82, 2.24) is 0 Å². The van der Waals surface area contributed by atoms with Gasteiger partial charge in [-0.05, 0) is 83.5 Å². The van der Waals surface area contributed by atoms with Crippen LogP contribution in [0.1, 0.15) is 149 Å². The minimum atomic E-state index is -4.66. The second-order valence-corrected chi connectivity index (χ2v) is 16.0. The Hall–Kier alpha value is -3.15. The van der Waals surface area contributed by atoms with Crippen LogP contribution in [0.4, 0.5) is 0 Å². The smallest absolute Gasteiger partial charge is 0.462 e. The Morgan fingerprint density at radius 1 is 0.567 bits per heavy atom. The number of allylic oxidation sites excluding steroid dienone is 15. The number of phosphoric ester groups is 1. The van der Waals surface area contributed by atoms with Gasteiger partial charge in [0.15, 0.2) is 6.10 Å². The van der Waals surface area contributed by atoms with Crippen LogP contribution in [0.5, 0.6) is 0 Å². The molecule has 0 spiro atoms. The van der Waals surface area contributed by atoms with Gasteiger partial charge in [0, 0.05) is 12.8 Å². The summed E-state index contributed by atoms with van der Waals surface area (Å²) in [7, 11) is -4.66. The highest BCUT2D eigenvalue weighted by atomic mass is 31.2. The molecule has 11 nitrogen and oxygen atoms in total. The fraction of sp³-hybridized carbons (Fsp3) is 0.625. The molecule has 0 rings (SSSR count). The molecule has 0 aromatic heterocycles. The first-order chi connectivity index (χ1) is 29.1. The van der Waals surface area contributed by atoms with Crippen LogP contribution in [-0.2, 0) is 32.7 Å². The van der Waals surface area contributed by atoms with E-state index < -0.39 is 57.9 Å². The fourth-order valence-corrected chi connectivity index (χ4v) is 6.10. The molecule has 0 bridgehead atoms. The molecule has 60 heavy (non-hydrogen) atoms. The topological polar surface area (TPSA) is 169 Å². The predicted molar refractivity (Wildman–Crippen MR) is 243 cm³/mol. The predicted octanol–water partition coefficient (Wildman–Crippen LogP) is 11.0. The molecule has 4 N–H and O–H groups in total. The van der Waals surface area contributed by atoms with Crippen LogP contribution in [0.15, 0.2) is 97.2 Å². The van der Waals surface area contributed by atoms with Crippen molar-refractivity contribution >= 4 is 19.8 Å². The highest BCUT2D eigenvalue weighted by Crippen LogP contribution is 2.43. The average Bonchev–Trinajstić information content (AvgIpc) is 3.23. The van der Waals surface area contributed by atoms with Crippen molar-refractivity contribution in [2.75, 3.05) is 26.4 Å². The largest absolute Gasteiger partial charge is 0.472 e. The van der Waals surface area contributed by atoms with Crippen molar-refractivity contribution in [1.29, 1.82) is 0 Å². The van der Waals surface area contributed by atoms with Gasteiger partial charge in [-0.15, -0.1) is 0 Å². The first kappa shape index (κ1) is 56.9. The lowest BCUT2D eigenvalue weighted by Gasteiger charge is -2.20. The van der Waals surface area contributed by atoms with E-state index in [4.69, 9.17) is 19.1 Å². The molecule has 0 amide bonds. The number of phosphoric acid groups is 1. The lowest BCUT2D eigenvalue weighted by molar-refractivity contribution is -0.161. The third-order valence-electron chi connectivity index (χ3n) is 8.82. The molecule has 0 radical (unpaired) electrons. The van der Waals surface area contributed by atoms with Crippen molar-refractivity contribution in [2.45, 2.75) is 167 Å². The van der Waals surface area contributed by atoms with Crippen molar-refractivity contribution in [2.24, 2.45) is 0 Å². The molecule has 0 saturated carbocycles. The fourth-order valence-electron chi connectivity index (χ4n) is 5.31. The summed E-state index contributed by atoms with van der Waals surface area (Å²) >= 11 is 0. The normalized spacial score (nSPS) is 15.2. The van der Waals surface area contributed by atoms with Gasteiger partial charge in [0.1, 0.15) is 12.7 Å². The number of carbonyl (C=O) groups is 2. The Kier molecular flexibility index (Phi) is 40.3. The van der Waals surface area contributed by atoms with Gasteiger partial charge >= 0.3 is 19.8 Å². The van der Waals surface area contributed by atoms with E-state index in [1.54, 1.807) is 0 Å². The van der Waals surface area contributed by atoms with E-state index in [0.717, 1.165) is 77.0 Å². The molecule has 0 aliphatic carbocycles. The van der Waals surface area contributed by atoms with Gasteiger partial charge in [-0.2, -0.15) is 0 Å². The van der Waals surface area contributed by atoms with Crippen molar-refractivity contribution in [3.8, 4) is 0 Å².